The van der Waals surface area contributed by atoms with E-state index in [9.17, 15) is 9.59 Å². The van der Waals surface area contributed by atoms with E-state index < -0.39 is 34.5 Å². The summed E-state index contributed by atoms with van der Waals surface area (Å²) in [5.41, 5.74) is 23.2. The Morgan fingerprint density at radius 1 is 0.519 bits per heavy atom. The Hall–Kier alpha value is -9.65. The first-order chi connectivity index (χ1) is 50.3. The number of morpholine rings is 2. The number of carbonyl (C=O) groups is 2. The Labute approximate surface area is 626 Å². The van der Waals surface area contributed by atoms with E-state index in [2.05, 4.69) is 164 Å². The van der Waals surface area contributed by atoms with Gasteiger partial charge < -0.3 is 60.2 Å². The summed E-state index contributed by atoms with van der Waals surface area (Å²) in [6.45, 7) is 31.5. The Morgan fingerprint density at radius 3 is 1.37 bits per heavy atom. The fraction of sp³-hybridized carbons (Fsp3) is 0.415. The predicted molar refractivity (Wildman–Crippen MR) is 420 cm³/mol. The third kappa shape index (κ3) is 16.2. The zero-order chi connectivity index (χ0) is 75.3. The van der Waals surface area contributed by atoms with Gasteiger partial charge in [-0.3, -0.25) is 9.13 Å². The first kappa shape index (κ1) is 74.6. The van der Waals surface area contributed by atoms with Crippen molar-refractivity contribution in [3.63, 3.8) is 0 Å². The van der Waals surface area contributed by atoms with Crippen molar-refractivity contribution in [1.29, 1.82) is 0 Å². The highest BCUT2D eigenvalue weighted by Crippen LogP contribution is 2.45. The van der Waals surface area contributed by atoms with Crippen LogP contribution >= 0.6 is 11.6 Å². The van der Waals surface area contributed by atoms with Gasteiger partial charge in [0.1, 0.15) is 39.0 Å². The van der Waals surface area contributed by atoms with Gasteiger partial charge in [0.2, 0.25) is 0 Å². The van der Waals surface area contributed by atoms with Gasteiger partial charge in [-0.15, -0.1) is 0 Å². The molecule has 554 valence electrons. The summed E-state index contributed by atoms with van der Waals surface area (Å²) in [4.78, 5) is 58.2. The number of hydrogen-bond donors (Lipinski definition) is 4. The van der Waals surface area contributed by atoms with Crippen molar-refractivity contribution in [1.82, 2.24) is 49.7 Å². The monoisotopic (exact) mass is 1450 g/mol. The summed E-state index contributed by atoms with van der Waals surface area (Å²) < 4.78 is 39.2. The number of halogens is 1. The number of amides is 2. The van der Waals surface area contributed by atoms with Crippen molar-refractivity contribution >= 4 is 81.7 Å². The number of anilines is 4. The van der Waals surface area contributed by atoms with Crippen LogP contribution in [0.25, 0.3) is 67.7 Å². The summed E-state index contributed by atoms with van der Waals surface area (Å²) >= 11 is 6.23. The molecule has 2 amide bonds. The summed E-state index contributed by atoms with van der Waals surface area (Å²) in [5.74, 6) is 2.05. The van der Waals surface area contributed by atoms with E-state index in [0.717, 1.165) is 121 Å². The fourth-order valence-electron chi connectivity index (χ4n) is 14.5. The van der Waals surface area contributed by atoms with Gasteiger partial charge in [0.15, 0.2) is 22.9 Å². The normalized spacial score (nSPS) is 20.1. The number of nitrogens with one attached hydrogen (secondary N) is 2. The van der Waals surface area contributed by atoms with E-state index in [0.29, 0.717) is 50.8 Å². The van der Waals surface area contributed by atoms with Crippen LogP contribution in [0, 0.1) is 0 Å². The molecule has 4 atom stereocenters. The van der Waals surface area contributed by atoms with Crippen molar-refractivity contribution in [2.45, 2.75) is 193 Å². The molecule has 4 aromatic carbocycles. The second kappa shape index (κ2) is 29.6. The summed E-state index contributed by atoms with van der Waals surface area (Å²) in [5, 5.41) is 6.64. The first-order valence-corrected chi connectivity index (χ1v) is 37.2. The van der Waals surface area contributed by atoms with Gasteiger partial charge in [-0.05, 0) is 249 Å². The van der Waals surface area contributed by atoms with Crippen molar-refractivity contribution < 1.29 is 37.8 Å². The number of nitrogen functional groups attached to an aromatic ring is 2. The Bertz CT molecular complexity index is 4800. The molecule has 3 saturated heterocycles. The third-order valence-corrected chi connectivity index (χ3v) is 20.7. The lowest BCUT2D eigenvalue weighted by Crippen LogP contribution is -2.52. The maximum Gasteiger partial charge on any atom is 0.494 e. The van der Waals surface area contributed by atoms with Gasteiger partial charge in [0.05, 0.1) is 63.5 Å². The van der Waals surface area contributed by atoms with Crippen LogP contribution in [-0.4, -0.2) is 131 Å². The number of nitrogens with two attached hydrogens (primary N) is 2. The molecule has 0 spiro atoms. The number of benzene rings is 4. The topological polar surface area (TPSA) is 259 Å². The third-order valence-electron chi connectivity index (χ3n) is 20.5. The van der Waals surface area contributed by atoms with Gasteiger partial charge in [-0.1, -0.05) is 60.1 Å². The second-order valence-corrected chi connectivity index (χ2v) is 32.1. The number of hydrogen-bond acceptors (Lipinski definition) is 18. The molecule has 9 heterocycles. The molecule has 22 nitrogen and oxygen atoms in total. The van der Waals surface area contributed by atoms with Gasteiger partial charge in [-0.25, -0.2) is 39.5 Å². The zero-order valence-corrected chi connectivity index (χ0v) is 64.0. The molecule has 3 aliphatic heterocycles. The minimum Gasteiger partial charge on any atom is -0.444 e. The summed E-state index contributed by atoms with van der Waals surface area (Å²) in [6, 6.07) is 48.4. The molecular weight excluding hydrogens is 1360 g/mol. The van der Waals surface area contributed by atoms with E-state index in [4.69, 9.17) is 66.3 Å². The SMILES string of the molecule is CC(C)(C)OC(=O)NC1(c2ccc(-n3c(-c4cccnc4N)nc4ccc(Cl)nc43)cc2)CCC1.C[C@@H]1CN(c2cccc(-c3ccc4nc(-c5cccnc5N)n(-c5ccc(C6(NC(=O)OC(C)(C)C)CCC6)cc5)c4n3)c2)C[C@H](C)O1.C[C@@H]1CN(c2cccc(B3OC(C)(C)C(C)(C)O3)c2)C[C@H](C)O1. The Kier molecular flexibility index (Phi) is 20.8. The number of nitrogens with zero attached hydrogens (tertiary/aromatic N) is 10. The lowest BCUT2D eigenvalue weighted by molar-refractivity contribution is -0.00548. The van der Waals surface area contributed by atoms with E-state index >= 15 is 0 Å². The zero-order valence-electron chi connectivity index (χ0n) is 63.2. The summed E-state index contributed by atoms with van der Waals surface area (Å²) in [6.07, 6.45) is 8.82. The quantitative estimate of drug-likeness (QED) is 0.0654. The predicted octanol–water partition coefficient (Wildman–Crippen LogP) is 15.5. The average molecular weight is 1450 g/mol. The van der Waals surface area contributed by atoms with Crippen molar-refractivity contribution in [3.8, 4) is 45.4 Å². The standard InChI is InChI=1S/C38H43N7O3.C26H27ClN6O2.C18H28BNO3/c1-24-22-44(23-25(2)47-24)29-10-6-9-26(21-29)31-16-17-32-35(41-31)45(34(42-32)30-11-7-20-40-33(30)39)28-14-12-27(13-15-28)38(18-8-19-38)43-36(46)48-37(3,4)5;1-25(2,3)35-24(34)32-26(13-5-14-26)16-7-9-17(10-8-16)33-22(18-6-4-15-29-21(18)28)30-19-11-12-20(27)31-23(19)33;1-13-11-20(12-14(2)21-13)16-9-7-8-15(10-16)19-22-17(3,4)18(5,6)23-19/h6-7,9-17,20-21,24-25H,8,18-19,22-23H2,1-5H3,(H2,39,40)(H,43,46);4,6-12,15H,5,13-14H2,1-3H3,(H2,28,29)(H,32,34);7-10,13-14H,11-12H2,1-6H3/t24-,25+;;13-,14+. The largest absolute Gasteiger partial charge is 0.494 e. The smallest absolute Gasteiger partial charge is 0.444 e. The fourth-order valence-corrected chi connectivity index (χ4v) is 14.6. The van der Waals surface area contributed by atoms with Crippen LogP contribution in [-0.2, 0) is 39.3 Å². The number of imidazole rings is 2. The molecule has 2 saturated carbocycles. The van der Waals surface area contributed by atoms with Crippen LogP contribution < -0.4 is 37.4 Å². The Balaban J connectivity index is 0.000000150. The molecular formula is C82H98BClN14O8. The van der Waals surface area contributed by atoms with E-state index in [-0.39, 0.29) is 42.7 Å². The van der Waals surface area contributed by atoms with Crippen LogP contribution in [0.3, 0.4) is 0 Å². The maximum atomic E-state index is 12.8. The lowest BCUT2D eigenvalue weighted by atomic mass is 9.72. The highest BCUT2D eigenvalue weighted by molar-refractivity contribution is 6.62. The lowest BCUT2D eigenvalue weighted by Gasteiger charge is -2.43. The van der Waals surface area contributed by atoms with Crippen LogP contribution in [0.1, 0.15) is 147 Å². The van der Waals surface area contributed by atoms with Gasteiger partial charge >= 0.3 is 19.3 Å². The minimum absolute atomic E-state index is 0.165. The van der Waals surface area contributed by atoms with Gasteiger partial charge in [-0.2, -0.15) is 0 Å². The molecule has 6 N–H and O–H groups in total. The van der Waals surface area contributed by atoms with Crippen LogP contribution in [0.5, 0.6) is 0 Å². The van der Waals surface area contributed by atoms with Crippen LogP contribution in [0.4, 0.5) is 32.6 Å². The molecule has 24 heteroatoms. The molecule has 5 fully saturated rings. The van der Waals surface area contributed by atoms with E-state index in [1.165, 1.54) is 5.69 Å². The van der Waals surface area contributed by atoms with Gasteiger partial charge in [0, 0.05) is 66.9 Å². The molecule has 5 aliphatic rings. The number of fused-ring (bicyclic) bond motifs is 2. The average Bonchev–Trinajstić information content (AvgIpc) is 1.57. The van der Waals surface area contributed by atoms with Gasteiger partial charge in [0.25, 0.3) is 0 Å². The van der Waals surface area contributed by atoms with Crippen LogP contribution in [0.15, 0.2) is 158 Å². The maximum absolute atomic E-state index is 12.8. The highest BCUT2D eigenvalue weighted by atomic mass is 35.5. The molecule has 2 aliphatic carbocycles. The highest BCUT2D eigenvalue weighted by Gasteiger charge is 2.52. The minimum atomic E-state index is -0.571. The van der Waals surface area contributed by atoms with E-state index in [1.54, 1.807) is 18.5 Å². The number of rotatable bonds is 12. The number of ether oxygens (including phenoxy) is 4. The molecule has 10 aromatic rings. The molecule has 0 bridgehead atoms. The van der Waals surface area contributed by atoms with Crippen molar-refractivity contribution in [2.75, 3.05) is 47.4 Å². The molecule has 6 aromatic heterocycles. The Morgan fingerprint density at radius 2 is 0.943 bits per heavy atom. The molecule has 106 heavy (non-hydrogen) atoms. The van der Waals surface area contributed by atoms with Crippen LogP contribution in [0.2, 0.25) is 5.15 Å². The van der Waals surface area contributed by atoms with Crippen molar-refractivity contribution in [2.24, 2.45) is 0 Å². The molecule has 0 unspecified atom stereocenters. The molecule has 0 radical (unpaired) electrons. The summed E-state index contributed by atoms with van der Waals surface area (Å²) in [7, 11) is -0.309. The number of pyridine rings is 4. The second-order valence-electron chi connectivity index (χ2n) is 31.7. The first-order valence-electron chi connectivity index (χ1n) is 36.8. The number of alkyl carbamates (subject to hydrolysis) is 2. The van der Waals surface area contributed by atoms with Crippen molar-refractivity contribution in [3.05, 3.63) is 174 Å². The van der Waals surface area contributed by atoms with E-state index in [1.807, 2.05) is 117 Å². The number of aromatic nitrogens is 8. The number of carbonyl (C=O) groups excluding carboxylic acids is 2. The molecule has 15 rings (SSSR count).